The number of ether oxygens (including phenoxy) is 1. The van der Waals surface area contributed by atoms with Gasteiger partial charge in [-0.25, -0.2) is 0 Å². The van der Waals surface area contributed by atoms with Crippen LogP contribution in [0.15, 0.2) is 0 Å². The lowest BCUT2D eigenvalue weighted by Crippen LogP contribution is -2.62. The molecule has 3 fully saturated rings. The summed E-state index contributed by atoms with van der Waals surface area (Å²) in [5.74, 6) is 0.913. The molecule has 3 rings (SSSR count). The van der Waals surface area contributed by atoms with Gasteiger partial charge in [0.1, 0.15) is 0 Å². The average Bonchev–Trinajstić information content (AvgIpc) is 3.09. The quantitative estimate of drug-likeness (QED) is 0.862. The van der Waals surface area contributed by atoms with Gasteiger partial charge in [0.05, 0.1) is 6.10 Å². The van der Waals surface area contributed by atoms with Crippen LogP contribution in [0.5, 0.6) is 0 Å². The molecule has 4 unspecified atom stereocenters. The zero-order valence-electron chi connectivity index (χ0n) is 14.0. The van der Waals surface area contributed by atoms with E-state index in [9.17, 15) is 0 Å². The molecule has 1 saturated carbocycles. The highest BCUT2D eigenvalue weighted by molar-refractivity contribution is 4.94. The lowest BCUT2D eigenvalue weighted by atomic mass is 9.82. The first-order chi connectivity index (χ1) is 10.3. The Kier molecular flexibility index (Phi) is 5.58. The van der Waals surface area contributed by atoms with E-state index in [2.05, 4.69) is 24.1 Å². The maximum atomic E-state index is 5.98. The van der Waals surface area contributed by atoms with E-state index in [4.69, 9.17) is 4.74 Å². The van der Waals surface area contributed by atoms with Crippen molar-refractivity contribution in [2.45, 2.75) is 89.4 Å². The molecule has 0 amide bonds. The second-order valence-corrected chi connectivity index (χ2v) is 7.46. The molecule has 122 valence electrons. The number of hydrogen-bond donors (Lipinski definition) is 1. The summed E-state index contributed by atoms with van der Waals surface area (Å²) in [5, 5.41) is 3.88. The molecule has 2 saturated heterocycles. The second-order valence-electron chi connectivity index (χ2n) is 7.46. The molecule has 1 N–H and O–H groups in total. The zero-order valence-corrected chi connectivity index (χ0v) is 14.0. The third-order valence-corrected chi connectivity index (χ3v) is 6.21. The maximum Gasteiger partial charge on any atom is 0.0728 e. The zero-order chi connectivity index (χ0) is 14.7. The van der Waals surface area contributed by atoms with E-state index < -0.39 is 0 Å². The summed E-state index contributed by atoms with van der Waals surface area (Å²) in [6.45, 7) is 8.13. The molecule has 21 heavy (non-hydrogen) atoms. The summed E-state index contributed by atoms with van der Waals surface area (Å²) in [4.78, 5) is 2.78. The minimum atomic E-state index is 0.476. The van der Waals surface area contributed by atoms with Crippen molar-refractivity contribution in [2.75, 3.05) is 19.7 Å². The SMILES string of the molecule is CCC1CNC(C2CCCCC2)CN1C(C)C1CCCO1. The Bertz CT molecular complexity index is 310. The van der Waals surface area contributed by atoms with Crippen LogP contribution in [0.3, 0.4) is 0 Å². The van der Waals surface area contributed by atoms with E-state index in [1.165, 1.54) is 64.5 Å². The van der Waals surface area contributed by atoms with Gasteiger partial charge in [0.2, 0.25) is 0 Å². The van der Waals surface area contributed by atoms with Gasteiger partial charge in [0.25, 0.3) is 0 Å². The Balaban J connectivity index is 1.63. The van der Waals surface area contributed by atoms with Gasteiger partial charge in [-0.15, -0.1) is 0 Å². The van der Waals surface area contributed by atoms with Gasteiger partial charge in [-0.2, -0.15) is 0 Å². The van der Waals surface area contributed by atoms with Crippen molar-refractivity contribution in [2.24, 2.45) is 5.92 Å². The normalized spacial score (nSPS) is 37.7. The van der Waals surface area contributed by atoms with Crippen LogP contribution in [-0.4, -0.2) is 48.8 Å². The topological polar surface area (TPSA) is 24.5 Å². The number of hydrogen-bond acceptors (Lipinski definition) is 3. The predicted molar refractivity (Wildman–Crippen MR) is 87.6 cm³/mol. The number of nitrogens with zero attached hydrogens (tertiary/aromatic N) is 1. The van der Waals surface area contributed by atoms with Gasteiger partial charge in [-0.05, 0) is 44.9 Å². The highest BCUT2D eigenvalue weighted by Crippen LogP contribution is 2.30. The van der Waals surface area contributed by atoms with E-state index >= 15 is 0 Å². The van der Waals surface area contributed by atoms with Crippen LogP contribution in [0.2, 0.25) is 0 Å². The molecule has 3 heteroatoms. The van der Waals surface area contributed by atoms with Gasteiger partial charge < -0.3 is 10.1 Å². The first-order valence-electron chi connectivity index (χ1n) is 9.40. The fourth-order valence-corrected chi connectivity index (χ4v) is 4.77. The summed E-state index contributed by atoms with van der Waals surface area (Å²) in [6.07, 6.45) is 11.5. The summed E-state index contributed by atoms with van der Waals surface area (Å²) in [5.41, 5.74) is 0. The molecule has 0 radical (unpaired) electrons. The molecule has 0 bridgehead atoms. The Morgan fingerprint density at radius 3 is 2.62 bits per heavy atom. The van der Waals surface area contributed by atoms with E-state index in [1.54, 1.807) is 0 Å². The maximum absolute atomic E-state index is 5.98. The van der Waals surface area contributed by atoms with Crippen LogP contribution in [-0.2, 0) is 4.74 Å². The van der Waals surface area contributed by atoms with Crippen LogP contribution in [0.25, 0.3) is 0 Å². The van der Waals surface area contributed by atoms with Gasteiger partial charge in [-0.3, -0.25) is 4.90 Å². The Morgan fingerprint density at radius 1 is 1.14 bits per heavy atom. The van der Waals surface area contributed by atoms with Crippen molar-refractivity contribution >= 4 is 0 Å². The van der Waals surface area contributed by atoms with Crippen molar-refractivity contribution in [1.29, 1.82) is 0 Å². The third kappa shape index (κ3) is 3.62. The summed E-state index contributed by atoms with van der Waals surface area (Å²) in [7, 11) is 0. The van der Waals surface area contributed by atoms with Crippen LogP contribution in [0.1, 0.15) is 65.2 Å². The highest BCUT2D eigenvalue weighted by atomic mass is 16.5. The van der Waals surface area contributed by atoms with Crippen molar-refractivity contribution in [3.8, 4) is 0 Å². The van der Waals surface area contributed by atoms with Gasteiger partial charge in [0, 0.05) is 37.8 Å². The smallest absolute Gasteiger partial charge is 0.0728 e. The van der Waals surface area contributed by atoms with Crippen LogP contribution >= 0.6 is 0 Å². The van der Waals surface area contributed by atoms with Gasteiger partial charge in [0.15, 0.2) is 0 Å². The predicted octanol–water partition coefficient (Wildman–Crippen LogP) is 3.19. The molecule has 2 aliphatic heterocycles. The van der Waals surface area contributed by atoms with Crippen LogP contribution in [0.4, 0.5) is 0 Å². The molecule has 0 aromatic heterocycles. The van der Waals surface area contributed by atoms with Crippen LogP contribution < -0.4 is 5.32 Å². The number of nitrogens with one attached hydrogen (secondary N) is 1. The summed E-state index contributed by atoms with van der Waals surface area (Å²) >= 11 is 0. The Hall–Kier alpha value is -0.120. The van der Waals surface area contributed by atoms with Crippen molar-refractivity contribution in [3.63, 3.8) is 0 Å². The molecular formula is C18H34N2O. The molecule has 0 aromatic carbocycles. The standard InChI is InChI=1S/C18H34N2O/c1-3-16-12-19-17(15-8-5-4-6-9-15)13-20(16)14(2)18-10-7-11-21-18/h14-19H,3-13H2,1-2H3. The average molecular weight is 294 g/mol. The number of piperazine rings is 1. The highest BCUT2D eigenvalue weighted by Gasteiger charge is 2.37. The van der Waals surface area contributed by atoms with E-state index in [0.29, 0.717) is 18.2 Å². The molecular weight excluding hydrogens is 260 g/mol. The molecule has 3 nitrogen and oxygen atoms in total. The van der Waals surface area contributed by atoms with Gasteiger partial charge in [-0.1, -0.05) is 26.2 Å². The first kappa shape index (κ1) is 15.8. The largest absolute Gasteiger partial charge is 0.377 e. The van der Waals surface area contributed by atoms with E-state index in [-0.39, 0.29) is 0 Å². The van der Waals surface area contributed by atoms with E-state index in [0.717, 1.165) is 18.6 Å². The fourth-order valence-electron chi connectivity index (χ4n) is 4.77. The second kappa shape index (κ2) is 7.43. The minimum Gasteiger partial charge on any atom is -0.377 e. The number of rotatable bonds is 4. The molecule has 0 spiro atoms. The third-order valence-electron chi connectivity index (χ3n) is 6.21. The Labute approximate surface area is 130 Å². The van der Waals surface area contributed by atoms with E-state index in [1.807, 2.05) is 0 Å². The van der Waals surface area contributed by atoms with Crippen molar-refractivity contribution in [3.05, 3.63) is 0 Å². The first-order valence-corrected chi connectivity index (χ1v) is 9.40. The van der Waals surface area contributed by atoms with Crippen molar-refractivity contribution in [1.82, 2.24) is 10.2 Å². The molecule has 3 aliphatic rings. The summed E-state index contributed by atoms with van der Waals surface area (Å²) < 4.78 is 5.98. The molecule has 4 atom stereocenters. The lowest BCUT2D eigenvalue weighted by molar-refractivity contribution is -0.0128. The minimum absolute atomic E-state index is 0.476. The fraction of sp³-hybridized carbons (Fsp3) is 1.00. The van der Waals surface area contributed by atoms with Crippen LogP contribution in [0, 0.1) is 5.92 Å². The van der Waals surface area contributed by atoms with Gasteiger partial charge >= 0.3 is 0 Å². The molecule has 2 heterocycles. The van der Waals surface area contributed by atoms with Crippen molar-refractivity contribution < 1.29 is 4.74 Å². The summed E-state index contributed by atoms with van der Waals surface area (Å²) in [6, 6.07) is 2.01. The lowest BCUT2D eigenvalue weighted by Gasteiger charge is -2.47. The molecule has 0 aromatic rings. The Morgan fingerprint density at radius 2 is 1.95 bits per heavy atom. The monoisotopic (exact) mass is 294 g/mol. The molecule has 1 aliphatic carbocycles.